The molecule has 0 aromatic heterocycles. The number of rotatable bonds is 22. The Morgan fingerprint density at radius 3 is 1.68 bits per heavy atom. The van der Waals surface area contributed by atoms with Crippen molar-refractivity contribution < 1.29 is 63.6 Å². The number of carbonyl (C=O) groups is 9. The van der Waals surface area contributed by atoms with Crippen LogP contribution in [0.4, 0.5) is 0 Å². The third-order valence-electron chi connectivity index (χ3n) is 7.40. The van der Waals surface area contributed by atoms with E-state index in [2.05, 4.69) is 26.6 Å². The highest BCUT2D eigenvalue weighted by Gasteiger charge is 2.31. The lowest BCUT2D eigenvalue weighted by Crippen LogP contribution is -2.58. The second-order valence-electron chi connectivity index (χ2n) is 11.7. The van der Waals surface area contributed by atoms with Crippen molar-refractivity contribution in [3.05, 3.63) is 65.7 Å². The topological polar surface area (TPSA) is 347 Å². The summed E-state index contributed by atoms with van der Waals surface area (Å²) in [7, 11) is 0. The van der Waals surface area contributed by atoms with Crippen molar-refractivity contribution in [3.63, 3.8) is 0 Å². The fourth-order valence-corrected chi connectivity index (χ4v) is 4.69. The summed E-state index contributed by atoms with van der Waals surface area (Å²) in [6, 6.07) is 5.96. The van der Waals surface area contributed by atoms with E-state index < -0.39 is 109 Å². The molecular formula is C33H41N7O13. The third kappa shape index (κ3) is 15.9. The summed E-state index contributed by atoms with van der Waals surface area (Å²) < 4.78 is 0. The van der Waals surface area contributed by atoms with Crippen LogP contribution in [0, 0.1) is 0 Å². The van der Waals surface area contributed by atoms with Crippen molar-refractivity contribution >= 4 is 53.4 Å². The molecule has 20 heteroatoms. The van der Waals surface area contributed by atoms with Crippen LogP contribution >= 0.6 is 0 Å². The Labute approximate surface area is 301 Å². The highest BCUT2D eigenvalue weighted by Crippen LogP contribution is 2.12. The number of carbonyl (C=O) groups excluding carboxylic acids is 6. The number of aliphatic carboxylic acids is 3. The van der Waals surface area contributed by atoms with Crippen molar-refractivity contribution in [2.24, 2.45) is 11.5 Å². The maximum absolute atomic E-state index is 13.4. The molecule has 0 spiro atoms. The van der Waals surface area contributed by atoms with Gasteiger partial charge in [0.25, 0.3) is 0 Å². The number of nitrogens with two attached hydrogens (primary N) is 2. The molecule has 2 aromatic rings. The Hall–Kier alpha value is -6.57. The van der Waals surface area contributed by atoms with Gasteiger partial charge < -0.3 is 58.5 Å². The van der Waals surface area contributed by atoms with Crippen LogP contribution in [0.1, 0.15) is 36.8 Å². The van der Waals surface area contributed by atoms with Crippen LogP contribution in [-0.2, 0) is 56.0 Å². The summed E-state index contributed by atoms with van der Waals surface area (Å²) in [5, 5.41) is 48.2. The monoisotopic (exact) mass is 743 g/mol. The summed E-state index contributed by atoms with van der Waals surface area (Å²) in [5.41, 5.74) is 11.9. The smallest absolute Gasteiger partial charge is 0.326 e. The van der Waals surface area contributed by atoms with Gasteiger partial charge in [0.2, 0.25) is 35.4 Å². The predicted octanol–water partition coefficient (Wildman–Crippen LogP) is -3.14. The van der Waals surface area contributed by atoms with Crippen LogP contribution in [0.15, 0.2) is 54.6 Å². The minimum absolute atomic E-state index is 0.103. The molecule has 0 saturated heterocycles. The number of aromatic hydroxyl groups is 1. The van der Waals surface area contributed by atoms with Crippen molar-refractivity contribution in [2.45, 2.75) is 68.7 Å². The van der Waals surface area contributed by atoms with Gasteiger partial charge in [0, 0.05) is 19.3 Å². The van der Waals surface area contributed by atoms with Crippen LogP contribution in [-0.4, -0.2) is 111 Å². The zero-order valence-electron chi connectivity index (χ0n) is 28.2. The van der Waals surface area contributed by atoms with Gasteiger partial charge in [-0.25, -0.2) is 4.79 Å². The normalized spacial score (nSPS) is 13.5. The molecule has 0 unspecified atom stereocenters. The Morgan fingerprint density at radius 2 is 1.13 bits per heavy atom. The number of nitrogens with one attached hydrogen (secondary N) is 5. The van der Waals surface area contributed by atoms with Gasteiger partial charge in [0.15, 0.2) is 0 Å². The Kier molecular flexibility index (Phi) is 16.8. The van der Waals surface area contributed by atoms with Crippen LogP contribution in [0.2, 0.25) is 0 Å². The van der Waals surface area contributed by atoms with E-state index in [-0.39, 0.29) is 25.0 Å². The van der Waals surface area contributed by atoms with Crippen LogP contribution in [0.5, 0.6) is 5.75 Å². The van der Waals surface area contributed by atoms with Gasteiger partial charge in [-0.15, -0.1) is 0 Å². The second-order valence-corrected chi connectivity index (χ2v) is 11.7. The van der Waals surface area contributed by atoms with Crippen molar-refractivity contribution in [2.75, 3.05) is 6.54 Å². The quantitative estimate of drug-likeness (QED) is 0.0568. The summed E-state index contributed by atoms with van der Waals surface area (Å²) in [6.07, 6.45) is -2.82. The molecule has 2 rings (SSSR count). The Balaban J connectivity index is 2.23. The minimum Gasteiger partial charge on any atom is -0.508 e. The first kappa shape index (κ1) is 42.6. The summed E-state index contributed by atoms with van der Waals surface area (Å²) in [5.74, 6) is -10.4. The molecule has 286 valence electrons. The van der Waals surface area contributed by atoms with E-state index in [4.69, 9.17) is 21.7 Å². The van der Waals surface area contributed by atoms with Crippen LogP contribution in [0.25, 0.3) is 0 Å². The molecule has 0 aliphatic rings. The van der Waals surface area contributed by atoms with Gasteiger partial charge in [0.05, 0.1) is 25.4 Å². The van der Waals surface area contributed by atoms with Gasteiger partial charge in [-0.05, 0) is 29.7 Å². The Bertz CT molecular complexity index is 1650. The molecule has 0 radical (unpaired) electrons. The molecule has 6 amide bonds. The zero-order valence-corrected chi connectivity index (χ0v) is 28.2. The average Bonchev–Trinajstić information content (AvgIpc) is 3.09. The number of hydrogen-bond acceptors (Lipinski definition) is 11. The first-order valence-electron chi connectivity index (χ1n) is 15.9. The van der Waals surface area contributed by atoms with Crippen molar-refractivity contribution in [1.29, 1.82) is 0 Å². The lowest BCUT2D eigenvalue weighted by atomic mass is 10.0. The number of phenolic OH excluding ortho intramolecular Hbond substituents is 1. The summed E-state index contributed by atoms with van der Waals surface area (Å²) in [6.45, 7) is -0.781. The molecule has 0 aliphatic heterocycles. The lowest BCUT2D eigenvalue weighted by Gasteiger charge is -2.24. The van der Waals surface area contributed by atoms with E-state index in [1.165, 1.54) is 24.3 Å². The lowest BCUT2D eigenvalue weighted by molar-refractivity contribution is -0.147. The van der Waals surface area contributed by atoms with Crippen LogP contribution < -0.4 is 38.1 Å². The maximum atomic E-state index is 13.4. The largest absolute Gasteiger partial charge is 0.508 e. The van der Waals surface area contributed by atoms with E-state index in [1.54, 1.807) is 30.3 Å². The SMILES string of the molecule is NC(=O)C[C@H](NC(=O)[C@@H](N)CCC(=O)O)C(=O)N[C@@H](Cc1ccccc1)C(=O)NCC(=O)N[C@@H](Cc1ccc(O)cc1)C(=O)N[C@@H](CC(=O)O)C(=O)O. The van der Waals surface area contributed by atoms with Gasteiger partial charge >= 0.3 is 17.9 Å². The van der Waals surface area contributed by atoms with E-state index in [1.807, 2.05) is 0 Å². The standard InChI is InChI=1S/C33H41N7O13/c34-20(10-11-27(44)45)29(48)38-23(14-25(35)42)32(51)39-21(12-17-4-2-1-3-5-17)30(49)36-16-26(43)37-22(13-18-6-8-19(41)9-7-18)31(50)40-24(33(52)53)15-28(46)47/h1-9,20-24,41H,10-16,34H2,(H2,35,42)(H,36,49)(H,37,43)(H,38,48)(H,39,51)(H,40,50)(H,44,45)(H,46,47)(H,52,53)/t20-,21-,22-,23-,24-/m0/s1. The first-order valence-corrected chi connectivity index (χ1v) is 15.9. The first-order chi connectivity index (χ1) is 24.9. The fourth-order valence-electron chi connectivity index (χ4n) is 4.69. The number of carboxylic acid groups (broad SMARTS) is 3. The van der Waals surface area contributed by atoms with Gasteiger partial charge in [-0.1, -0.05) is 42.5 Å². The second kappa shape index (κ2) is 20.9. The number of carboxylic acids is 3. The number of hydrogen-bond donors (Lipinski definition) is 11. The van der Waals surface area contributed by atoms with Gasteiger partial charge in [-0.3, -0.25) is 38.4 Å². The average molecular weight is 744 g/mol. The highest BCUT2D eigenvalue weighted by atomic mass is 16.4. The van der Waals surface area contributed by atoms with E-state index >= 15 is 0 Å². The highest BCUT2D eigenvalue weighted by molar-refractivity contribution is 5.97. The third-order valence-corrected chi connectivity index (χ3v) is 7.40. The van der Waals surface area contributed by atoms with E-state index in [0.29, 0.717) is 11.1 Å². The maximum Gasteiger partial charge on any atom is 0.326 e. The molecule has 2 aromatic carbocycles. The van der Waals surface area contributed by atoms with E-state index in [9.17, 15) is 53.4 Å². The van der Waals surface area contributed by atoms with E-state index in [0.717, 1.165) is 0 Å². The zero-order chi connectivity index (χ0) is 39.7. The van der Waals surface area contributed by atoms with Crippen LogP contribution in [0.3, 0.4) is 0 Å². The molecule has 0 fully saturated rings. The molecule has 13 N–H and O–H groups in total. The molecule has 0 saturated carbocycles. The van der Waals surface area contributed by atoms with Crippen molar-refractivity contribution in [1.82, 2.24) is 26.6 Å². The Morgan fingerprint density at radius 1 is 0.604 bits per heavy atom. The number of amides is 6. The molecule has 5 atom stereocenters. The molecule has 20 nitrogen and oxygen atoms in total. The number of primary amides is 1. The van der Waals surface area contributed by atoms with Gasteiger partial charge in [-0.2, -0.15) is 0 Å². The molecular weight excluding hydrogens is 702 g/mol. The summed E-state index contributed by atoms with van der Waals surface area (Å²) in [4.78, 5) is 111. The molecule has 53 heavy (non-hydrogen) atoms. The summed E-state index contributed by atoms with van der Waals surface area (Å²) >= 11 is 0. The van der Waals surface area contributed by atoms with Crippen molar-refractivity contribution in [3.8, 4) is 5.75 Å². The molecule has 0 heterocycles. The minimum atomic E-state index is -1.84. The number of benzene rings is 2. The molecule has 0 aliphatic carbocycles. The molecule has 0 bridgehead atoms. The number of phenols is 1. The fraction of sp³-hybridized carbons (Fsp3) is 0.364. The van der Waals surface area contributed by atoms with Gasteiger partial charge in [0.1, 0.15) is 29.9 Å². The predicted molar refractivity (Wildman–Crippen MR) is 181 cm³/mol.